The van der Waals surface area contributed by atoms with Gasteiger partial charge in [0, 0.05) is 67.4 Å². The number of rotatable bonds is 5. The first-order chi connectivity index (χ1) is 15.8. The molecule has 0 amide bonds. The first kappa shape index (κ1) is 19.0. The number of imidazole rings is 1. The van der Waals surface area contributed by atoms with Crippen molar-refractivity contribution < 1.29 is 5.11 Å². The summed E-state index contributed by atoms with van der Waals surface area (Å²) >= 11 is 0. The zero-order valence-corrected chi connectivity index (χ0v) is 17.6. The van der Waals surface area contributed by atoms with Gasteiger partial charge in [0.25, 0.3) is 0 Å². The van der Waals surface area contributed by atoms with E-state index in [0.717, 1.165) is 54.5 Å². The average molecular weight is 425 g/mol. The van der Waals surface area contributed by atoms with E-state index in [1.54, 1.807) is 6.20 Å². The molecule has 0 aliphatic carbocycles. The van der Waals surface area contributed by atoms with Gasteiger partial charge in [-0.15, -0.1) is 0 Å². The summed E-state index contributed by atoms with van der Waals surface area (Å²) in [5, 5.41) is 12.9. The van der Waals surface area contributed by atoms with E-state index in [0.29, 0.717) is 5.92 Å². The average Bonchev–Trinajstić information content (AvgIpc) is 3.59. The van der Waals surface area contributed by atoms with Crippen molar-refractivity contribution in [1.82, 2.24) is 14.4 Å². The fraction of sp³-hybridized carbons (Fsp3) is 0.240. The Balaban J connectivity index is 1.29. The number of benzene rings is 2. The minimum absolute atomic E-state index is 0.260. The van der Waals surface area contributed by atoms with Crippen molar-refractivity contribution in [3.8, 4) is 11.3 Å². The van der Waals surface area contributed by atoms with Gasteiger partial charge in [0.15, 0.2) is 11.5 Å². The largest absolute Gasteiger partial charge is 0.396 e. The Bertz CT molecular complexity index is 1310. The third kappa shape index (κ3) is 3.40. The van der Waals surface area contributed by atoms with Gasteiger partial charge in [-0.05, 0) is 47.9 Å². The van der Waals surface area contributed by atoms with Gasteiger partial charge < -0.3 is 19.7 Å². The molecule has 7 heteroatoms. The molecule has 6 rings (SSSR count). The number of aromatic nitrogens is 3. The molecule has 1 atom stereocenters. The second-order valence-electron chi connectivity index (χ2n) is 8.47. The van der Waals surface area contributed by atoms with Crippen LogP contribution in [0.25, 0.3) is 16.9 Å². The van der Waals surface area contributed by atoms with Crippen LogP contribution in [0.1, 0.15) is 17.5 Å². The summed E-state index contributed by atoms with van der Waals surface area (Å²) in [5.41, 5.74) is 7.28. The Morgan fingerprint density at radius 3 is 2.88 bits per heavy atom. The van der Waals surface area contributed by atoms with E-state index in [-0.39, 0.29) is 6.61 Å². The summed E-state index contributed by atoms with van der Waals surface area (Å²) in [6, 6.07) is 14.7. The molecule has 0 saturated carbocycles. The highest BCUT2D eigenvalue weighted by Crippen LogP contribution is 2.29. The highest BCUT2D eigenvalue weighted by atomic mass is 16.3. The summed E-state index contributed by atoms with van der Waals surface area (Å²) in [7, 11) is 0. The second-order valence-corrected chi connectivity index (χ2v) is 8.47. The van der Waals surface area contributed by atoms with E-state index in [4.69, 9.17) is 4.98 Å². The molecule has 1 fully saturated rings. The molecule has 2 N–H and O–H groups in total. The molecule has 0 unspecified atom stereocenters. The molecule has 0 radical (unpaired) electrons. The van der Waals surface area contributed by atoms with Crippen molar-refractivity contribution >= 4 is 29.1 Å². The number of hydrogen-bond donors (Lipinski definition) is 2. The predicted octanol–water partition coefficient (Wildman–Crippen LogP) is 3.89. The fourth-order valence-electron chi connectivity index (χ4n) is 4.53. The van der Waals surface area contributed by atoms with Crippen LogP contribution in [0.3, 0.4) is 0 Å². The fourth-order valence-corrected chi connectivity index (χ4v) is 4.53. The Kier molecular flexibility index (Phi) is 4.61. The summed E-state index contributed by atoms with van der Waals surface area (Å²) in [6.45, 7) is 2.88. The van der Waals surface area contributed by atoms with E-state index in [9.17, 15) is 5.11 Å². The number of aliphatic imine (C=N–C) groups is 1. The number of nitrogens with one attached hydrogen (secondary N) is 1. The van der Waals surface area contributed by atoms with Crippen LogP contribution in [0.2, 0.25) is 0 Å². The number of aliphatic hydroxyl groups excluding tert-OH is 1. The van der Waals surface area contributed by atoms with Crippen molar-refractivity contribution in [2.24, 2.45) is 10.9 Å². The van der Waals surface area contributed by atoms with Crippen molar-refractivity contribution in [2.45, 2.75) is 13.0 Å². The zero-order chi connectivity index (χ0) is 21.5. The first-order valence-corrected chi connectivity index (χ1v) is 11.0. The highest BCUT2D eigenvalue weighted by Gasteiger charge is 2.21. The predicted molar refractivity (Wildman–Crippen MR) is 127 cm³/mol. The SMILES string of the molecule is OC[C@H]1CCN(c2ccc(Nc3nc(-c4ccc5c(c4)CN=C5)cn4ccnc34)cc2)C1. The molecule has 2 aromatic carbocycles. The minimum Gasteiger partial charge on any atom is -0.396 e. The van der Waals surface area contributed by atoms with Crippen LogP contribution < -0.4 is 10.2 Å². The Morgan fingerprint density at radius 2 is 2.03 bits per heavy atom. The zero-order valence-electron chi connectivity index (χ0n) is 17.6. The number of hydrogen-bond acceptors (Lipinski definition) is 6. The molecule has 2 aliphatic rings. The van der Waals surface area contributed by atoms with Gasteiger partial charge in [0.1, 0.15) is 0 Å². The molecule has 0 bridgehead atoms. The van der Waals surface area contributed by atoms with Crippen LogP contribution in [-0.4, -0.2) is 45.4 Å². The third-order valence-electron chi connectivity index (χ3n) is 6.34. The van der Waals surface area contributed by atoms with Crippen LogP contribution in [0.5, 0.6) is 0 Å². The van der Waals surface area contributed by atoms with Crippen LogP contribution in [-0.2, 0) is 6.54 Å². The summed E-state index contributed by atoms with van der Waals surface area (Å²) in [4.78, 5) is 16.1. The van der Waals surface area contributed by atoms with E-state index >= 15 is 0 Å². The Morgan fingerprint density at radius 1 is 1.12 bits per heavy atom. The molecular formula is C25H24N6O. The number of fused-ring (bicyclic) bond motifs is 2. The van der Waals surface area contributed by atoms with Gasteiger partial charge in [-0.1, -0.05) is 12.1 Å². The van der Waals surface area contributed by atoms with Crippen molar-refractivity contribution in [3.05, 3.63) is 72.2 Å². The Labute approximate surface area is 186 Å². The molecule has 32 heavy (non-hydrogen) atoms. The molecule has 0 spiro atoms. The second kappa shape index (κ2) is 7.76. The maximum atomic E-state index is 9.40. The topological polar surface area (TPSA) is 78.0 Å². The number of aliphatic hydroxyl groups is 1. The maximum absolute atomic E-state index is 9.40. The van der Waals surface area contributed by atoms with E-state index in [1.165, 1.54) is 16.8 Å². The van der Waals surface area contributed by atoms with Gasteiger partial charge in [-0.2, -0.15) is 0 Å². The molecule has 4 aromatic rings. The number of nitrogens with zero attached hydrogens (tertiary/aromatic N) is 5. The van der Waals surface area contributed by atoms with Gasteiger partial charge in [0.2, 0.25) is 0 Å². The summed E-state index contributed by atoms with van der Waals surface area (Å²) in [6.07, 6.45) is 8.71. The Hall–Kier alpha value is -3.71. The van der Waals surface area contributed by atoms with Crippen molar-refractivity contribution in [2.75, 3.05) is 29.9 Å². The van der Waals surface area contributed by atoms with Gasteiger partial charge >= 0.3 is 0 Å². The third-order valence-corrected chi connectivity index (χ3v) is 6.34. The van der Waals surface area contributed by atoms with Crippen LogP contribution in [0.15, 0.2) is 66.0 Å². The van der Waals surface area contributed by atoms with Gasteiger partial charge in [-0.3, -0.25) is 4.99 Å². The lowest BCUT2D eigenvalue weighted by atomic mass is 10.0. The maximum Gasteiger partial charge on any atom is 0.180 e. The van der Waals surface area contributed by atoms with E-state index < -0.39 is 0 Å². The molecular weight excluding hydrogens is 400 g/mol. The summed E-state index contributed by atoms with van der Waals surface area (Å²) in [5.74, 6) is 1.10. The monoisotopic (exact) mass is 424 g/mol. The molecule has 2 aromatic heterocycles. The van der Waals surface area contributed by atoms with Gasteiger partial charge in [-0.25, -0.2) is 9.97 Å². The smallest absolute Gasteiger partial charge is 0.180 e. The number of anilines is 3. The normalized spacial score (nSPS) is 17.3. The van der Waals surface area contributed by atoms with Crippen molar-refractivity contribution in [3.63, 3.8) is 0 Å². The molecule has 160 valence electrons. The summed E-state index contributed by atoms with van der Waals surface area (Å²) < 4.78 is 2.00. The first-order valence-electron chi connectivity index (χ1n) is 11.0. The molecule has 1 saturated heterocycles. The highest BCUT2D eigenvalue weighted by molar-refractivity contribution is 5.86. The molecule has 2 aliphatic heterocycles. The van der Waals surface area contributed by atoms with Crippen LogP contribution >= 0.6 is 0 Å². The lowest BCUT2D eigenvalue weighted by Crippen LogP contribution is -2.20. The standard InChI is InChI=1S/C25H24N6O/c32-16-17-7-9-30(14-17)22-5-3-21(4-6-22)28-24-25-27-8-10-31(25)15-23(29-24)18-1-2-19-12-26-13-20(19)11-18/h1-6,8,10-12,15,17,32H,7,9,13-14,16H2,(H,28,29)/t17-/m0/s1. The van der Waals surface area contributed by atoms with Gasteiger partial charge in [0.05, 0.1) is 12.2 Å². The van der Waals surface area contributed by atoms with E-state index in [2.05, 4.69) is 62.7 Å². The lowest BCUT2D eigenvalue weighted by Gasteiger charge is -2.19. The van der Waals surface area contributed by atoms with Crippen molar-refractivity contribution in [1.29, 1.82) is 0 Å². The molecule has 4 heterocycles. The van der Waals surface area contributed by atoms with Crippen LogP contribution in [0, 0.1) is 5.92 Å². The quantitative estimate of drug-likeness (QED) is 0.508. The lowest BCUT2D eigenvalue weighted by molar-refractivity contribution is 0.238. The molecule has 7 nitrogen and oxygen atoms in total. The van der Waals surface area contributed by atoms with Crippen LogP contribution in [0.4, 0.5) is 17.2 Å². The minimum atomic E-state index is 0.260. The van der Waals surface area contributed by atoms with E-state index in [1.807, 2.05) is 23.0 Å².